The summed E-state index contributed by atoms with van der Waals surface area (Å²) in [7, 11) is 0. The third kappa shape index (κ3) is 1.66. The van der Waals surface area contributed by atoms with Crippen LogP contribution < -0.4 is 5.56 Å². The lowest BCUT2D eigenvalue weighted by atomic mass is 10.0. The predicted octanol–water partition coefficient (Wildman–Crippen LogP) is 3.03. The molecule has 0 bridgehead atoms. The van der Waals surface area contributed by atoms with Gasteiger partial charge in [0.25, 0.3) is 0 Å². The van der Waals surface area contributed by atoms with Gasteiger partial charge >= 0.3 is 0 Å². The number of H-pyrrole nitrogens is 1. The molecule has 0 amide bonds. The molecule has 2 rings (SSSR count). The molecule has 0 saturated carbocycles. The fourth-order valence-corrected chi connectivity index (χ4v) is 2.09. The lowest BCUT2D eigenvalue weighted by Gasteiger charge is -2.08. The number of hydrogen-bond donors (Lipinski definition) is 1. The molecule has 0 spiro atoms. The van der Waals surface area contributed by atoms with Crippen LogP contribution in [0.15, 0.2) is 23.3 Å². The van der Waals surface area contributed by atoms with Crippen LogP contribution in [0, 0.1) is 0 Å². The Kier molecular flexibility index (Phi) is 2.62. The molecule has 0 unspecified atom stereocenters. The maximum Gasteiger partial charge on any atom is 0.248 e. The average Bonchev–Trinajstić information content (AvgIpc) is 2.56. The van der Waals surface area contributed by atoms with E-state index in [1.165, 1.54) is 5.56 Å². The minimum absolute atomic E-state index is 0.0316. The van der Waals surface area contributed by atoms with E-state index in [1.807, 2.05) is 6.20 Å². The fraction of sp³-hybridized carbons (Fsp3) is 0.462. The molecule has 0 atom stereocenters. The minimum Gasteiger partial charge on any atom is -0.343 e. The summed E-state index contributed by atoms with van der Waals surface area (Å²) in [6, 6.07) is 2.10. The zero-order valence-corrected chi connectivity index (χ0v) is 10.2. The van der Waals surface area contributed by atoms with Crippen LogP contribution in [0.1, 0.15) is 45.2 Å². The first-order valence-electron chi connectivity index (χ1n) is 5.74. The van der Waals surface area contributed by atoms with E-state index in [0.717, 1.165) is 10.9 Å². The second-order valence-electron chi connectivity index (χ2n) is 4.84. The summed E-state index contributed by atoms with van der Waals surface area (Å²) >= 11 is 0. The van der Waals surface area contributed by atoms with Crippen molar-refractivity contribution in [1.82, 2.24) is 9.55 Å². The van der Waals surface area contributed by atoms with Crippen molar-refractivity contribution in [3.63, 3.8) is 0 Å². The molecule has 0 fully saturated rings. The second kappa shape index (κ2) is 3.81. The van der Waals surface area contributed by atoms with Crippen molar-refractivity contribution in [2.45, 2.75) is 39.7 Å². The number of aromatic nitrogens is 2. The van der Waals surface area contributed by atoms with Crippen LogP contribution in [0.3, 0.4) is 0 Å². The number of nitrogens with zero attached hydrogens (tertiary/aromatic N) is 1. The molecule has 16 heavy (non-hydrogen) atoms. The van der Waals surface area contributed by atoms with Crippen molar-refractivity contribution in [2.24, 2.45) is 0 Å². The van der Waals surface area contributed by atoms with E-state index in [1.54, 1.807) is 6.07 Å². The third-order valence-corrected chi connectivity index (χ3v) is 2.95. The molecule has 0 aliphatic carbocycles. The Bertz CT molecular complexity index is 561. The smallest absolute Gasteiger partial charge is 0.248 e. The molecule has 0 saturated heterocycles. The van der Waals surface area contributed by atoms with Crippen molar-refractivity contribution in [1.29, 1.82) is 0 Å². The molecule has 2 aromatic rings. The Morgan fingerprint density at radius 1 is 1.25 bits per heavy atom. The van der Waals surface area contributed by atoms with Crippen LogP contribution >= 0.6 is 0 Å². The Balaban J connectivity index is 2.81. The van der Waals surface area contributed by atoms with Gasteiger partial charge in [-0.05, 0) is 25.3 Å². The second-order valence-corrected chi connectivity index (χ2v) is 4.84. The van der Waals surface area contributed by atoms with Crippen LogP contribution in [0.4, 0.5) is 0 Å². The standard InChI is InChI=1S/C13H18N2O/c1-8(2)11-7-15(9(3)4)12-6-14-13(16)5-10(11)12/h5-9H,1-4H3,(H,14,16). The highest BCUT2D eigenvalue weighted by Gasteiger charge is 2.13. The first kappa shape index (κ1) is 11.0. The average molecular weight is 218 g/mol. The van der Waals surface area contributed by atoms with Crippen molar-refractivity contribution >= 4 is 10.9 Å². The molecule has 0 aliphatic heterocycles. The van der Waals surface area contributed by atoms with E-state index in [4.69, 9.17) is 0 Å². The van der Waals surface area contributed by atoms with Gasteiger partial charge < -0.3 is 9.55 Å². The molecule has 0 aliphatic rings. The molecule has 86 valence electrons. The Morgan fingerprint density at radius 2 is 1.94 bits per heavy atom. The van der Waals surface area contributed by atoms with Gasteiger partial charge in [0.2, 0.25) is 5.56 Å². The summed E-state index contributed by atoms with van der Waals surface area (Å²) in [5, 5.41) is 1.08. The normalized spacial score (nSPS) is 11.9. The summed E-state index contributed by atoms with van der Waals surface area (Å²) in [4.78, 5) is 14.1. The number of nitrogens with one attached hydrogen (secondary N) is 1. The van der Waals surface area contributed by atoms with Crippen LogP contribution in [0.2, 0.25) is 0 Å². The Hall–Kier alpha value is -1.51. The Labute approximate surface area is 95.1 Å². The van der Waals surface area contributed by atoms with Crippen LogP contribution in [-0.2, 0) is 0 Å². The number of aromatic amines is 1. The maximum absolute atomic E-state index is 11.4. The summed E-state index contributed by atoms with van der Waals surface area (Å²) in [6.45, 7) is 8.60. The minimum atomic E-state index is -0.0316. The molecular formula is C13H18N2O. The molecule has 1 N–H and O–H groups in total. The van der Waals surface area contributed by atoms with Gasteiger partial charge in [0.05, 0.1) is 5.52 Å². The quantitative estimate of drug-likeness (QED) is 0.826. The van der Waals surface area contributed by atoms with Crippen molar-refractivity contribution < 1.29 is 0 Å². The maximum atomic E-state index is 11.4. The zero-order valence-electron chi connectivity index (χ0n) is 10.2. The Morgan fingerprint density at radius 3 is 2.50 bits per heavy atom. The number of pyridine rings is 1. The van der Waals surface area contributed by atoms with E-state index in [9.17, 15) is 4.79 Å². The van der Waals surface area contributed by atoms with Crippen molar-refractivity contribution in [3.8, 4) is 0 Å². The molecule has 3 heteroatoms. The van der Waals surface area contributed by atoms with E-state index in [-0.39, 0.29) is 5.56 Å². The molecule has 2 aromatic heterocycles. The van der Waals surface area contributed by atoms with Crippen molar-refractivity contribution in [3.05, 3.63) is 34.4 Å². The summed E-state index contributed by atoms with van der Waals surface area (Å²) < 4.78 is 2.21. The molecular weight excluding hydrogens is 200 g/mol. The number of fused-ring (bicyclic) bond motifs is 1. The lowest BCUT2D eigenvalue weighted by Crippen LogP contribution is -2.04. The first-order chi connectivity index (χ1) is 7.50. The summed E-state index contributed by atoms with van der Waals surface area (Å²) in [5.41, 5.74) is 2.32. The zero-order chi connectivity index (χ0) is 11.9. The van der Waals surface area contributed by atoms with Gasteiger partial charge in [0, 0.05) is 29.9 Å². The van der Waals surface area contributed by atoms with Gasteiger partial charge in [-0.1, -0.05) is 13.8 Å². The molecule has 0 aromatic carbocycles. The van der Waals surface area contributed by atoms with E-state index < -0.39 is 0 Å². The van der Waals surface area contributed by atoms with Gasteiger partial charge in [-0.25, -0.2) is 0 Å². The van der Waals surface area contributed by atoms with Crippen LogP contribution in [-0.4, -0.2) is 9.55 Å². The molecule has 2 heterocycles. The third-order valence-electron chi connectivity index (χ3n) is 2.95. The highest BCUT2D eigenvalue weighted by molar-refractivity contribution is 5.83. The monoisotopic (exact) mass is 218 g/mol. The van der Waals surface area contributed by atoms with Gasteiger partial charge in [0.1, 0.15) is 0 Å². The summed E-state index contributed by atoms with van der Waals surface area (Å²) in [6.07, 6.45) is 3.97. The largest absolute Gasteiger partial charge is 0.343 e. The highest BCUT2D eigenvalue weighted by Crippen LogP contribution is 2.28. The van der Waals surface area contributed by atoms with Gasteiger partial charge in [-0.2, -0.15) is 0 Å². The van der Waals surface area contributed by atoms with Crippen LogP contribution in [0.25, 0.3) is 10.9 Å². The van der Waals surface area contributed by atoms with Gasteiger partial charge in [-0.15, -0.1) is 0 Å². The van der Waals surface area contributed by atoms with Crippen LogP contribution in [0.5, 0.6) is 0 Å². The van der Waals surface area contributed by atoms with Gasteiger partial charge in [-0.3, -0.25) is 4.79 Å². The lowest BCUT2D eigenvalue weighted by molar-refractivity contribution is 0.618. The summed E-state index contributed by atoms with van der Waals surface area (Å²) in [5.74, 6) is 0.435. The predicted molar refractivity (Wildman–Crippen MR) is 67.0 cm³/mol. The molecule has 3 nitrogen and oxygen atoms in total. The van der Waals surface area contributed by atoms with Gasteiger partial charge in [0.15, 0.2) is 0 Å². The fourth-order valence-electron chi connectivity index (χ4n) is 2.09. The topological polar surface area (TPSA) is 37.8 Å². The molecule has 0 radical (unpaired) electrons. The number of hydrogen-bond acceptors (Lipinski definition) is 1. The highest BCUT2D eigenvalue weighted by atomic mass is 16.1. The van der Waals surface area contributed by atoms with E-state index in [0.29, 0.717) is 12.0 Å². The first-order valence-corrected chi connectivity index (χ1v) is 5.74. The van der Waals surface area contributed by atoms with Crippen molar-refractivity contribution in [2.75, 3.05) is 0 Å². The SMILES string of the molecule is CC(C)c1cn(C(C)C)c2c[nH]c(=O)cc12. The van der Waals surface area contributed by atoms with E-state index >= 15 is 0 Å². The van der Waals surface area contributed by atoms with E-state index in [2.05, 4.69) is 43.4 Å². The number of rotatable bonds is 2.